The molecule has 0 spiro atoms. The van der Waals surface area contributed by atoms with Gasteiger partial charge in [0.15, 0.2) is 0 Å². The van der Waals surface area contributed by atoms with Gasteiger partial charge in [0.2, 0.25) is 0 Å². The summed E-state index contributed by atoms with van der Waals surface area (Å²) >= 11 is 3.33. The van der Waals surface area contributed by atoms with Crippen LogP contribution in [0.4, 0.5) is 0 Å². The van der Waals surface area contributed by atoms with Crippen LogP contribution in [0.3, 0.4) is 0 Å². The third-order valence-corrected chi connectivity index (χ3v) is 3.33. The fourth-order valence-electron chi connectivity index (χ4n) is 1.90. The Morgan fingerprint density at radius 3 is 3.00 bits per heavy atom. The molecule has 0 aliphatic carbocycles. The van der Waals surface area contributed by atoms with Gasteiger partial charge < -0.3 is 10.4 Å². The molecule has 3 heteroatoms. The van der Waals surface area contributed by atoms with Crippen molar-refractivity contribution in [1.82, 2.24) is 5.32 Å². The Labute approximate surface area is 92.5 Å². The van der Waals surface area contributed by atoms with Gasteiger partial charge in [0, 0.05) is 0 Å². The van der Waals surface area contributed by atoms with Gasteiger partial charge >= 0.3 is 0 Å². The van der Waals surface area contributed by atoms with E-state index in [2.05, 4.69) is 21.2 Å². The van der Waals surface area contributed by atoms with Gasteiger partial charge in [0.1, 0.15) is 5.75 Å². The number of rotatable bonds is 2. The summed E-state index contributed by atoms with van der Waals surface area (Å²) in [6.45, 7) is 2.27. The second-order valence-electron chi connectivity index (χ2n) is 3.85. The van der Waals surface area contributed by atoms with Gasteiger partial charge in [0.25, 0.3) is 0 Å². The lowest BCUT2D eigenvalue weighted by atomic mass is 9.99. The van der Waals surface area contributed by atoms with Gasteiger partial charge in [0.05, 0.1) is 4.47 Å². The summed E-state index contributed by atoms with van der Waals surface area (Å²) in [6.07, 6.45) is 2.37. The average Bonchev–Trinajstić information content (AvgIpc) is 2.64. The summed E-state index contributed by atoms with van der Waals surface area (Å²) in [4.78, 5) is 0. The number of phenolic OH excluding ortho intramolecular Hbond substituents is 1. The minimum absolute atomic E-state index is 0.318. The largest absolute Gasteiger partial charge is 0.507 e. The van der Waals surface area contributed by atoms with E-state index in [9.17, 15) is 5.11 Å². The third-order valence-electron chi connectivity index (χ3n) is 2.70. The summed E-state index contributed by atoms with van der Waals surface area (Å²) in [5, 5.41) is 12.7. The first-order chi connectivity index (χ1) is 6.75. The highest BCUT2D eigenvalue weighted by Gasteiger charge is 2.14. The van der Waals surface area contributed by atoms with E-state index in [1.807, 2.05) is 12.1 Å². The maximum absolute atomic E-state index is 9.35. The Bertz CT molecular complexity index is 321. The normalized spacial score (nSPS) is 21.4. The van der Waals surface area contributed by atoms with Gasteiger partial charge in [-0.25, -0.2) is 0 Å². The number of aromatic hydroxyl groups is 1. The fraction of sp³-hybridized carbons (Fsp3) is 0.455. The standard InChI is InChI=1S/C11H14BrNO/c12-10-6-8(1-2-11(10)14)5-9-3-4-13-7-9/h1-2,6,9,13-14H,3-5,7H2. The van der Waals surface area contributed by atoms with Crippen molar-refractivity contribution in [2.75, 3.05) is 13.1 Å². The van der Waals surface area contributed by atoms with Gasteiger partial charge in [-0.1, -0.05) is 6.07 Å². The Hall–Kier alpha value is -0.540. The Balaban J connectivity index is 2.05. The average molecular weight is 256 g/mol. The molecule has 14 heavy (non-hydrogen) atoms. The zero-order valence-corrected chi connectivity index (χ0v) is 9.55. The summed E-state index contributed by atoms with van der Waals surface area (Å²) in [5.41, 5.74) is 1.29. The van der Waals surface area contributed by atoms with Crippen LogP contribution in [0.1, 0.15) is 12.0 Å². The number of benzene rings is 1. The molecule has 1 heterocycles. The van der Waals surface area contributed by atoms with Crippen LogP contribution in [0.25, 0.3) is 0 Å². The van der Waals surface area contributed by atoms with Crippen LogP contribution >= 0.6 is 15.9 Å². The van der Waals surface area contributed by atoms with Crippen molar-refractivity contribution in [3.8, 4) is 5.75 Å². The second-order valence-corrected chi connectivity index (χ2v) is 4.70. The van der Waals surface area contributed by atoms with E-state index in [0.717, 1.165) is 29.9 Å². The molecule has 76 valence electrons. The smallest absolute Gasteiger partial charge is 0.129 e. The summed E-state index contributed by atoms with van der Waals surface area (Å²) in [5.74, 6) is 1.07. The lowest BCUT2D eigenvalue weighted by Crippen LogP contribution is -2.10. The SMILES string of the molecule is Oc1ccc(CC2CCNC2)cc1Br. The molecule has 0 radical (unpaired) electrons. The second kappa shape index (κ2) is 4.32. The van der Waals surface area contributed by atoms with Gasteiger partial charge in [-0.3, -0.25) is 0 Å². The van der Waals surface area contributed by atoms with Crippen molar-refractivity contribution < 1.29 is 5.11 Å². The van der Waals surface area contributed by atoms with Crippen LogP contribution < -0.4 is 5.32 Å². The molecule has 1 aliphatic rings. The molecule has 1 saturated heterocycles. The molecular weight excluding hydrogens is 242 g/mol. The molecule has 2 nitrogen and oxygen atoms in total. The molecule has 1 aromatic rings. The summed E-state index contributed by atoms with van der Waals surface area (Å²) < 4.78 is 0.793. The Kier molecular flexibility index (Phi) is 3.08. The van der Waals surface area contributed by atoms with Crippen LogP contribution in [0, 0.1) is 5.92 Å². The van der Waals surface area contributed by atoms with Crippen molar-refractivity contribution in [2.45, 2.75) is 12.8 Å². The topological polar surface area (TPSA) is 32.3 Å². The van der Waals surface area contributed by atoms with Crippen LogP contribution in [-0.2, 0) is 6.42 Å². The zero-order valence-electron chi connectivity index (χ0n) is 7.96. The van der Waals surface area contributed by atoms with E-state index >= 15 is 0 Å². The van der Waals surface area contributed by atoms with Gasteiger partial charge in [-0.2, -0.15) is 0 Å². The fourth-order valence-corrected chi connectivity index (χ4v) is 2.33. The molecule has 0 amide bonds. The molecule has 0 saturated carbocycles. The quantitative estimate of drug-likeness (QED) is 0.851. The molecule has 1 atom stereocenters. The van der Waals surface area contributed by atoms with E-state index in [0.29, 0.717) is 5.75 Å². The van der Waals surface area contributed by atoms with E-state index in [-0.39, 0.29) is 0 Å². The van der Waals surface area contributed by atoms with Gasteiger partial charge in [-0.15, -0.1) is 0 Å². The molecule has 0 aromatic heterocycles. The first-order valence-corrected chi connectivity index (χ1v) is 5.73. The van der Waals surface area contributed by atoms with Crippen LogP contribution in [0.5, 0.6) is 5.75 Å². The Morgan fingerprint density at radius 2 is 2.36 bits per heavy atom. The molecule has 2 rings (SSSR count). The number of halogens is 1. The molecule has 2 N–H and O–H groups in total. The van der Waals surface area contributed by atoms with Crippen LogP contribution in [-0.4, -0.2) is 18.2 Å². The van der Waals surface area contributed by atoms with E-state index < -0.39 is 0 Å². The number of hydrogen-bond donors (Lipinski definition) is 2. The molecule has 1 unspecified atom stereocenters. The Morgan fingerprint density at radius 1 is 1.50 bits per heavy atom. The first-order valence-electron chi connectivity index (χ1n) is 4.94. The molecule has 1 aliphatic heterocycles. The van der Waals surface area contributed by atoms with E-state index in [1.165, 1.54) is 12.0 Å². The van der Waals surface area contributed by atoms with Crippen LogP contribution in [0.2, 0.25) is 0 Å². The monoisotopic (exact) mass is 255 g/mol. The summed E-state index contributed by atoms with van der Waals surface area (Å²) in [6, 6.07) is 5.76. The first kappa shape index (κ1) is 9.99. The van der Waals surface area contributed by atoms with E-state index in [4.69, 9.17) is 0 Å². The highest BCUT2D eigenvalue weighted by Crippen LogP contribution is 2.26. The third kappa shape index (κ3) is 2.28. The predicted molar refractivity (Wildman–Crippen MR) is 60.5 cm³/mol. The van der Waals surface area contributed by atoms with Crippen molar-refractivity contribution >= 4 is 15.9 Å². The highest BCUT2D eigenvalue weighted by atomic mass is 79.9. The minimum atomic E-state index is 0.318. The van der Waals surface area contributed by atoms with Crippen molar-refractivity contribution in [2.24, 2.45) is 5.92 Å². The van der Waals surface area contributed by atoms with Gasteiger partial charge in [-0.05, 0) is 65.5 Å². The van der Waals surface area contributed by atoms with Crippen LogP contribution in [0.15, 0.2) is 22.7 Å². The van der Waals surface area contributed by atoms with Crippen molar-refractivity contribution in [3.63, 3.8) is 0 Å². The summed E-state index contributed by atoms with van der Waals surface area (Å²) in [7, 11) is 0. The van der Waals surface area contributed by atoms with Crippen molar-refractivity contribution in [1.29, 1.82) is 0 Å². The number of nitrogens with one attached hydrogen (secondary N) is 1. The predicted octanol–water partition coefficient (Wildman–Crippen LogP) is 2.31. The number of hydrogen-bond acceptors (Lipinski definition) is 2. The molecule has 1 aromatic carbocycles. The minimum Gasteiger partial charge on any atom is -0.507 e. The van der Waals surface area contributed by atoms with E-state index in [1.54, 1.807) is 6.07 Å². The molecular formula is C11H14BrNO. The highest BCUT2D eigenvalue weighted by molar-refractivity contribution is 9.10. The maximum Gasteiger partial charge on any atom is 0.129 e. The van der Waals surface area contributed by atoms with Crippen molar-refractivity contribution in [3.05, 3.63) is 28.2 Å². The number of phenols is 1. The molecule has 0 bridgehead atoms. The lowest BCUT2D eigenvalue weighted by molar-refractivity contribution is 0.471. The molecule has 1 fully saturated rings. The maximum atomic E-state index is 9.35. The zero-order chi connectivity index (χ0) is 9.97. The lowest BCUT2D eigenvalue weighted by Gasteiger charge is -2.08.